The van der Waals surface area contributed by atoms with Crippen LogP contribution in [-0.2, 0) is 9.31 Å². The maximum Gasteiger partial charge on any atom is 0.495 e. The number of aromatic nitrogens is 1. The van der Waals surface area contributed by atoms with Crippen molar-refractivity contribution in [1.29, 1.82) is 5.26 Å². The number of hydrogen-bond donors (Lipinski definition) is 0. The maximum atomic E-state index is 9.10. The molecule has 3 rings (SSSR count). The Morgan fingerprint density at radius 2 is 1.75 bits per heavy atom. The van der Waals surface area contributed by atoms with E-state index in [1.807, 2.05) is 52.0 Å². The zero-order chi connectivity index (χ0) is 14.5. The lowest BCUT2D eigenvalue weighted by molar-refractivity contribution is 0.00578. The number of nitriles is 1. The highest BCUT2D eigenvalue weighted by atomic mass is 16.7. The molecule has 5 heteroatoms. The summed E-state index contributed by atoms with van der Waals surface area (Å²) in [6.07, 6.45) is 3.90. The summed E-state index contributed by atoms with van der Waals surface area (Å²) in [5, 5.41) is 10.1. The van der Waals surface area contributed by atoms with Crippen LogP contribution >= 0.6 is 0 Å². The summed E-state index contributed by atoms with van der Waals surface area (Å²) < 4.78 is 13.7. The SMILES string of the molecule is CC1(C)OB(c2cccc3c2ccn3C#N)OC1(C)C. The second kappa shape index (κ2) is 4.11. The van der Waals surface area contributed by atoms with Crippen LogP contribution in [0.3, 0.4) is 0 Å². The second-order valence-electron chi connectivity index (χ2n) is 6.15. The molecule has 1 aliphatic rings. The van der Waals surface area contributed by atoms with Gasteiger partial charge in [0.05, 0.1) is 16.7 Å². The van der Waals surface area contributed by atoms with Crippen molar-refractivity contribution in [3.05, 3.63) is 30.5 Å². The Morgan fingerprint density at radius 1 is 1.10 bits per heavy atom. The van der Waals surface area contributed by atoms with E-state index in [9.17, 15) is 0 Å². The van der Waals surface area contributed by atoms with Gasteiger partial charge in [-0.1, -0.05) is 12.1 Å². The third-order valence-corrected chi connectivity index (χ3v) is 4.38. The molecule has 0 amide bonds. The van der Waals surface area contributed by atoms with E-state index < -0.39 is 7.12 Å². The molecular weight excluding hydrogens is 251 g/mol. The van der Waals surface area contributed by atoms with Crippen molar-refractivity contribution in [2.24, 2.45) is 0 Å². The quantitative estimate of drug-likeness (QED) is 0.745. The van der Waals surface area contributed by atoms with Gasteiger partial charge in [-0.25, -0.2) is 0 Å². The Labute approximate surface area is 119 Å². The fourth-order valence-corrected chi connectivity index (χ4v) is 2.45. The molecule has 0 bridgehead atoms. The van der Waals surface area contributed by atoms with Crippen molar-refractivity contribution >= 4 is 23.5 Å². The lowest BCUT2D eigenvalue weighted by atomic mass is 9.77. The van der Waals surface area contributed by atoms with Gasteiger partial charge in [0.25, 0.3) is 0 Å². The van der Waals surface area contributed by atoms with Crippen LogP contribution in [0, 0.1) is 11.5 Å². The Bertz CT molecular complexity index is 696. The van der Waals surface area contributed by atoms with E-state index in [1.54, 1.807) is 10.8 Å². The lowest BCUT2D eigenvalue weighted by Gasteiger charge is -2.32. The van der Waals surface area contributed by atoms with Gasteiger partial charge in [-0.3, -0.25) is 4.57 Å². The summed E-state index contributed by atoms with van der Waals surface area (Å²) in [6.45, 7) is 8.14. The van der Waals surface area contributed by atoms with E-state index in [4.69, 9.17) is 14.6 Å². The molecule has 0 atom stereocenters. The van der Waals surface area contributed by atoms with Crippen molar-refractivity contribution in [2.45, 2.75) is 38.9 Å². The van der Waals surface area contributed by atoms with Gasteiger partial charge in [0, 0.05) is 11.6 Å². The van der Waals surface area contributed by atoms with Gasteiger partial charge in [0.1, 0.15) is 0 Å². The Kier molecular flexibility index (Phi) is 2.72. The number of benzene rings is 1. The molecule has 2 aromatic rings. The van der Waals surface area contributed by atoms with Crippen molar-refractivity contribution < 1.29 is 9.31 Å². The average molecular weight is 268 g/mol. The zero-order valence-electron chi connectivity index (χ0n) is 12.2. The summed E-state index contributed by atoms with van der Waals surface area (Å²) in [5.41, 5.74) is 1.12. The normalized spacial score (nSPS) is 20.2. The molecule has 0 N–H and O–H groups in total. The summed E-state index contributed by atoms with van der Waals surface area (Å²) >= 11 is 0. The molecule has 4 nitrogen and oxygen atoms in total. The summed E-state index contributed by atoms with van der Waals surface area (Å²) in [7, 11) is -0.404. The molecule has 1 aromatic carbocycles. The molecule has 0 unspecified atom stereocenters. The predicted octanol–water partition coefficient (Wildman–Crippen LogP) is 2.27. The van der Waals surface area contributed by atoms with E-state index in [0.717, 1.165) is 16.4 Å². The third kappa shape index (κ3) is 1.76. The van der Waals surface area contributed by atoms with E-state index in [-0.39, 0.29) is 11.2 Å². The molecule has 0 spiro atoms. The molecule has 20 heavy (non-hydrogen) atoms. The first-order valence-corrected chi connectivity index (χ1v) is 6.71. The smallest absolute Gasteiger partial charge is 0.399 e. The lowest BCUT2D eigenvalue weighted by Crippen LogP contribution is -2.41. The van der Waals surface area contributed by atoms with E-state index >= 15 is 0 Å². The molecule has 2 heterocycles. The second-order valence-corrected chi connectivity index (χ2v) is 6.15. The minimum atomic E-state index is -0.404. The van der Waals surface area contributed by atoms with Crippen LogP contribution in [0.1, 0.15) is 27.7 Å². The van der Waals surface area contributed by atoms with Gasteiger partial charge < -0.3 is 9.31 Å². The van der Waals surface area contributed by atoms with Gasteiger partial charge in [-0.15, -0.1) is 0 Å². The average Bonchev–Trinajstić information content (AvgIpc) is 2.88. The minimum Gasteiger partial charge on any atom is -0.399 e. The number of nitrogens with zero attached hydrogens (tertiary/aromatic N) is 2. The monoisotopic (exact) mass is 268 g/mol. The van der Waals surface area contributed by atoms with Crippen LogP contribution in [0.25, 0.3) is 10.9 Å². The van der Waals surface area contributed by atoms with E-state index in [1.165, 1.54) is 0 Å². The molecule has 1 aromatic heterocycles. The van der Waals surface area contributed by atoms with Crippen LogP contribution in [0.4, 0.5) is 0 Å². The predicted molar refractivity (Wildman–Crippen MR) is 78.7 cm³/mol. The third-order valence-electron chi connectivity index (χ3n) is 4.38. The summed E-state index contributed by atoms with van der Waals surface area (Å²) in [5.74, 6) is 0. The first-order chi connectivity index (χ1) is 9.36. The summed E-state index contributed by atoms with van der Waals surface area (Å²) in [6, 6.07) is 7.77. The van der Waals surface area contributed by atoms with E-state index in [0.29, 0.717) is 0 Å². The fraction of sp³-hybridized carbons (Fsp3) is 0.400. The molecular formula is C15H17BN2O2. The fourth-order valence-electron chi connectivity index (χ4n) is 2.45. The van der Waals surface area contributed by atoms with Crippen LogP contribution in [0.15, 0.2) is 30.5 Å². The van der Waals surface area contributed by atoms with Crippen molar-refractivity contribution in [1.82, 2.24) is 4.57 Å². The largest absolute Gasteiger partial charge is 0.495 e. The molecule has 1 saturated heterocycles. The van der Waals surface area contributed by atoms with Gasteiger partial charge in [-0.2, -0.15) is 5.26 Å². The highest BCUT2D eigenvalue weighted by molar-refractivity contribution is 6.65. The minimum absolute atomic E-state index is 0.363. The summed E-state index contributed by atoms with van der Waals surface area (Å²) in [4.78, 5) is 0. The molecule has 102 valence electrons. The van der Waals surface area contributed by atoms with Crippen LogP contribution in [-0.4, -0.2) is 22.9 Å². The molecule has 0 radical (unpaired) electrons. The highest BCUT2D eigenvalue weighted by Crippen LogP contribution is 2.37. The van der Waals surface area contributed by atoms with Crippen molar-refractivity contribution in [2.75, 3.05) is 0 Å². The first kappa shape index (κ1) is 13.2. The number of rotatable bonds is 1. The number of fused-ring (bicyclic) bond motifs is 1. The van der Waals surface area contributed by atoms with Gasteiger partial charge in [0.15, 0.2) is 6.19 Å². The Morgan fingerprint density at radius 3 is 2.35 bits per heavy atom. The Balaban J connectivity index is 2.09. The first-order valence-electron chi connectivity index (χ1n) is 6.71. The van der Waals surface area contributed by atoms with Crippen molar-refractivity contribution in [3.63, 3.8) is 0 Å². The van der Waals surface area contributed by atoms with E-state index in [2.05, 4.69) is 6.19 Å². The Hall–Kier alpha value is -1.77. The van der Waals surface area contributed by atoms with Crippen LogP contribution < -0.4 is 5.46 Å². The topological polar surface area (TPSA) is 47.2 Å². The van der Waals surface area contributed by atoms with Gasteiger partial charge in [0.2, 0.25) is 0 Å². The molecule has 1 fully saturated rings. The molecule has 1 aliphatic heterocycles. The standard InChI is InChI=1S/C15H17BN2O2/c1-14(2)15(3,4)20-16(19-14)12-6-5-7-13-11(12)8-9-18(13)10-17/h5-9H,1-4H3. The molecule has 0 saturated carbocycles. The van der Waals surface area contributed by atoms with Crippen LogP contribution in [0.2, 0.25) is 0 Å². The van der Waals surface area contributed by atoms with Gasteiger partial charge in [-0.05, 0) is 45.3 Å². The van der Waals surface area contributed by atoms with Crippen LogP contribution in [0.5, 0.6) is 0 Å². The zero-order valence-corrected chi connectivity index (χ0v) is 12.2. The van der Waals surface area contributed by atoms with Gasteiger partial charge >= 0.3 is 7.12 Å². The number of hydrogen-bond acceptors (Lipinski definition) is 3. The highest BCUT2D eigenvalue weighted by Gasteiger charge is 2.52. The van der Waals surface area contributed by atoms with Crippen molar-refractivity contribution in [3.8, 4) is 6.19 Å². The maximum absolute atomic E-state index is 9.10. The molecule has 0 aliphatic carbocycles.